The number of likely N-dealkylation sites (N-methyl/N-ethyl adjacent to an activating group) is 1. The van der Waals surface area contributed by atoms with Crippen molar-refractivity contribution >= 4 is 13.7 Å². The Bertz CT molecular complexity index is 1100. The number of hydrogen-bond acceptors (Lipinski definition) is 6. The van der Waals surface area contributed by atoms with Crippen LogP contribution in [0.4, 0.5) is 0 Å². The molecule has 0 aromatic rings. The highest BCUT2D eigenvalue weighted by Gasteiger charge is 2.23. The molecule has 8 nitrogen and oxygen atoms in total. The Balaban J connectivity index is 4.15. The number of amides is 1. The minimum absolute atomic E-state index is 0.00273. The lowest BCUT2D eigenvalue weighted by molar-refractivity contribution is -0.870. The highest BCUT2D eigenvalue weighted by Crippen LogP contribution is 2.38. The predicted octanol–water partition coefficient (Wildman–Crippen LogP) is 17.2. The quantitative estimate of drug-likeness (QED) is 0.0272. The van der Waals surface area contributed by atoms with E-state index in [9.17, 15) is 19.4 Å². The fourth-order valence-electron chi connectivity index (χ4n) is 9.10. The van der Waals surface area contributed by atoms with E-state index in [0.29, 0.717) is 17.4 Å². The maximum Gasteiger partial charge on any atom is 0.268 e. The number of hydrogen-bond donors (Lipinski definition) is 2. The Morgan fingerprint density at radius 3 is 1.12 bits per heavy atom. The highest BCUT2D eigenvalue weighted by molar-refractivity contribution is 7.45. The molecule has 0 aliphatic heterocycles. The molecule has 0 aromatic heterocycles. The van der Waals surface area contributed by atoms with Crippen LogP contribution in [0, 0.1) is 0 Å². The molecule has 0 saturated heterocycles. The van der Waals surface area contributed by atoms with Gasteiger partial charge in [0.15, 0.2) is 0 Å². The smallest absolute Gasteiger partial charge is 0.268 e. The molecule has 0 aliphatic carbocycles. The van der Waals surface area contributed by atoms with Crippen LogP contribution >= 0.6 is 7.82 Å². The molecule has 0 spiro atoms. The highest BCUT2D eigenvalue weighted by atomic mass is 31.2. The lowest BCUT2D eigenvalue weighted by atomic mass is 10.0. The normalized spacial score (nSPS) is 14.0. The standard InChI is InChI=1S/C58H117N2O6P/c1-6-8-10-12-14-16-18-20-22-24-26-27-28-29-30-31-32-34-35-37-39-41-43-45-47-49-51-57(61)56(55-66-67(63,64)65-54-53-60(3,4)5)59-58(62)52-50-48-46-44-42-40-38-36-33-25-23-21-19-17-15-13-11-9-7-2/h49,51,56-57,61H,6-48,50,52-55H2,1-5H3,(H-,59,62,63,64)/b51-49+. The summed E-state index contributed by atoms with van der Waals surface area (Å²) in [5.74, 6) is -0.190. The Morgan fingerprint density at radius 1 is 0.507 bits per heavy atom. The molecule has 0 aliphatic rings. The van der Waals surface area contributed by atoms with Gasteiger partial charge in [0.05, 0.1) is 39.9 Å². The largest absolute Gasteiger partial charge is 0.756 e. The summed E-state index contributed by atoms with van der Waals surface area (Å²) in [5.41, 5.74) is 0. The number of quaternary nitrogens is 1. The summed E-state index contributed by atoms with van der Waals surface area (Å²) in [7, 11) is 1.28. The summed E-state index contributed by atoms with van der Waals surface area (Å²) in [6, 6.07) is -0.882. The number of aliphatic hydroxyl groups is 1. The number of carbonyl (C=O) groups excluding carboxylic acids is 1. The molecule has 1 amide bonds. The Kier molecular flexibility index (Phi) is 49.6. The summed E-state index contributed by atoms with van der Waals surface area (Å²) in [6.07, 6.45) is 61.5. The van der Waals surface area contributed by atoms with E-state index in [4.69, 9.17) is 9.05 Å². The zero-order valence-electron chi connectivity index (χ0n) is 45.6. The second-order valence-corrected chi connectivity index (χ2v) is 23.1. The van der Waals surface area contributed by atoms with Crippen molar-refractivity contribution in [3.8, 4) is 0 Å². The lowest BCUT2D eigenvalue weighted by Gasteiger charge is -2.29. The van der Waals surface area contributed by atoms with Gasteiger partial charge in [0.2, 0.25) is 5.91 Å². The molecule has 9 heteroatoms. The van der Waals surface area contributed by atoms with Crippen LogP contribution in [-0.4, -0.2) is 68.5 Å². The van der Waals surface area contributed by atoms with Gasteiger partial charge in [0.25, 0.3) is 7.82 Å². The van der Waals surface area contributed by atoms with Crippen molar-refractivity contribution in [3.05, 3.63) is 12.2 Å². The Morgan fingerprint density at radius 2 is 0.806 bits per heavy atom. The van der Waals surface area contributed by atoms with Crippen molar-refractivity contribution in [1.82, 2.24) is 5.32 Å². The number of unbranched alkanes of at least 4 members (excludes halogenated alkanes) is 42. The first-order valence-electron chi connectivity index (χ1n) is 29.6. The van der Waals surface area contributed by atoms with Crippen LogP contribution < -0.4 is 10.2 Å². The van der Waals surface area contributed by atoms with Crippen molar-refractivity contribution < 1.29 is 32.9 Å². The number of aliphatic hydroxyl groups excluding tert-OH is 1. The average Bonchev–Trinajstić information content (AvgIpc) is 3.29. The molecule has 2 N–H and O–H groups in total. The summed E-state index contributed by atoms with van der Waals surface area (Å²) in [6.45, 7) is 4.70. The minimum Gasteiger partial charge on any atom is -0.756 e. The first kappa shape index (κ1) is 66.2. The number of phosphoric acid groups is 1. The number of rotatable bonds is 55. The predicted molar refractivity (Wildman–Crippen MR) is 289 cm³/mol. The molecular weight excluding hydrogens is 852 g/mol. The molecule has 3 unspecified atom stereocenters. The van der Waals surface area contributed by atoms with Crippen molar-refractivity contribution in [2.75, 3.05) is 40.9 Å². The van der Waals surface area contributed by atoms with E-state index in [2.05, 4.69) is 19.2 Å². The SMILES string of the molecule is CCCCCCCCCCCCCCCCCCCCCCCCCC/C=C/C(O)C(COP(=O)([O-])OCC[N+](C)(C)C)NC(=O)CCCCCCCCCCCCCCCCCCCCC. The van der Waals surface area contributed by atoms with Gasteiger partial charge in [-0.25, -0.2) is 0 Å². The molecular formula is C58H117N2O6P. The number of nitrogens with zero attached hydrogens (tertiary/aromatic N) is 1. The lowest BCUT2D eigenvalue weighted by Crippen LogP contribution is -2.45. The average molecular weight is 970 g/mol. The van der Waals surface area contributed by atoms with E-state index in [1.54, 1.807) is 6.08 Å². The molecule has 0 radical (unpaired) electrons. The van der Waals surface area contributed by atoms with Gasteiger partial charge in [-0.3, -0.25) is 9.36 Å². The third-order valence-corrected chi connectivity index (χ3v) is 14.7. The van der Waals surface area contributed by atoms with Crippen LogP contribution in [0.1, 0.15) is 303 Å². The zero-order chi connectivity index (χ0) is 49.2. The summed E-state index contributed by atoms with van der Waals surface area (Å²) < 4.78 is 23.4. The fraction of sp³-hybridized carbons (Fsp3) is 0.948. The van der Waals surface area contributed by atoms with Gasteiger partial charge in [0, 0.05) is 6.42 Å². The second-order valence-electron chi connectivity index (χ2n) is 21.7. The minimum atomic E-state index is -4.59. The maximum atomic E-state index is 13.0. The number of phosphoric ester groups is 1. The van der Waals surface area contributed by atoms with Gasteiger partial charge in [-0.15, -0.1) is 0 Å². The Labute approximate surface area is 418 Å². The van der Waals surface area contributed by atoms with Gasteiger partial charge < -0.3 is 28.8 Å². The van der Waals surface area contributed by atoms with Gasteiger partial charge >= 0.3 is 0 Å². The molecule has 0 saturated carbocycles. The summed E-state index contributed by atoms with van der Waals surface area (Å²) in [4.78, 5) is 25.5. The summed E-state index contributed by atoms with van der Waals surface area (Å²) >= 11 is 0. The van der Waals surface area contributed by atoms with E-state index in [1.165, 1.54) is 244 Å². The van der Waals surface area contributed by atoms with Crippen LogP contribution in [-0.2, 0) is 18.4 Å². The van der Waals surface area contributed by atoms with Crippen molar-refractivity contribution in [1.29, 1.82) is 0 Å². The maximum absolute atomic E-state index is 13.0. The molecule has 0 rings (SSSR count). The number of nitrogens with one attached hydrogen (secondary N) is 1. The Hall–Kier alpha value is -0.760. The summed E-state index contributed by atoms with van der Waals surface area (Å²) in [5, 5.41) is 13.9. The third kappa shape index (κ3) is 52.9. The van der Waals surface area contributed by atoms with E-state index >= 15 is 0 Å². The molecule has 0 heterocycles. The number of allylic oxidation sites excluding steroid dienone is 1. The van der Waals surface area contributed by atoms with Crippen LogP contribution in [0.3, 0.4) is 0 Å². The van der Waals surface area contributed by atoms with Gasteiger partial charge in [0.1, 0.15) is 13.2 Å². The molecule has 0 bridgehead atoms. The molecule has 0 fully saturated rings. The zero-order valence-corrected chi connectivity index (χ0v) is 46.5. The van der Waals surface area contributed by atoms with Crippen molar-refractivity contribution in [2.45, 2.75) is 315 Å². The van der Waals surface area contributed by atoms with Crippen LogP contribution in [0.5, 0.6) is 0 Å². The third-order valence-electron chi connectivity index (χ3n) is 13.7. The molecule has 3 atom stereocenters. The first-order valence-corrected chi connectivity index (χ1v) is 31.0. The topological polar surface area (TPSA) is 108 Å². The van der Waals surface area contributed by atoms with Crippen molar-refractivity contribution in [2.24, 2.45) is 0 Å². The molecule has 67 heavy (non-hydrogen) atoms. The van der Waals surface area contributed by atoms with Crippen molar-refractivity contribution in [3.63, 3.8) is 0 Å². The van der Waals surface area contributed by atoms with E-state index in [-0.39, 0.29) is 19.1 Å². The van der Waals surface area contributed by atoms with Crippen LogP contribution in [0.15, 0.2) is 12.2 Å². The van der Waals surface area contributed by atoms with Gasteiger partial charge in [-0.2, -0.15) is 0 Å². The number of carbonyl (C=O) groups is 1. The van der Waals surface area contributed by atoms with Gasteiger partial charge in [-0.1, -0.05) is 289 Å². The van der Waals surface area contributed by atoms with Crippen LogP contribution in [0.2, 0.25) is 0 Å². The van der Waals surface area contributed by atoms with E-state index in [1.807, 2.05) is 27.2 Å². The first-order chi connectivity index (χ1) is 32.5. The second kappa shape index (κ2) is 50.2. The molecule has 400 valence electrons. The van der Waals surface area contributed by atoms with Crippen LogP contribution in [0.25, 0.3) is 0 Å². The van der Waals surface area contributed by atoms with Gasteiger partial charge in [-0.05, 0) is 19.3 Å². The molecule has 0 aromatic carbocycles. The van der Waals surface area contributed by atoms with E-state index in [0.717, 1.165) is 38.5 Å². The monoisotopic (exact) mass is 969 g/mol. The van der Waals surface area contributed by atoms with E-state index < -0.39 is 20.0 Å². The fourth-order valence-corrected chi connectivity index (χ4v) is 9.82.